The molecular weight excluding hydrogens is 649 g/mol. The Labute approximate surface area is 314 Å². The van der Waals surface area contributed by atoms with Gasteiger partial charge in [0.25, 0.3) is 0 Å². The first kappa shape index (κ1) is 30.6. The first-order valence-electron chi connectivity index (χ1n) is 18.8. The molecule has 11 rings (SSSR count). The molecule has 0 radical (unpaired) electrons. The molecule has 10 aromatic rings. The lowest BCUT2D eigenvalue weighted by Crippen LogP contribution is -1.92. The van der Waals surface area contributed by atoms with Gasteiger partial charge in [-0.05, 0) is 110 Å². The summed E-state index contributed by atoms with van der Waals surface area (Å²) in [5, 5.41) is 10.3. The molecule has 0 fully saturated rings. The fourth-order valence-electron chi connectivity index (χ4n) is 8.96. The summed E-state index contributed by atoms with van der Waals surface area (Å²) in [6.07, 6.45) is 4.42. The van der Waals surface area contributed by atoms with E-state index in [2.05, 4.69) is 206 Å². The van der Waals surface area contributed by atoms with Crippen molar-refractivity contribution < 1.29 is 0 Å². The van der Waals surface area contributed by atoms with Crippen molar-refractivity contribution in [1.82, 2.24) is 0 Å². The standard InChI is InChI=1S/C54H34/c1-2-13-40-37(11-1)12-9-20-41(40)38-29-25-35(26-30-38)23-24-36-27-31-39(32-28-36)52-45-16-5-7-18-47(45)54(48-19-8-6-17-46(48)52)51-34-33-50-43-15-4-3-14-42(43)44-21-10-22-49(51)53(44)50/h1-34H/b24-23+. The molecule has 54 heavy (non-hydrogen) atoms. The Hall–Kier alpha value is -7.02. The topological polar surface area (TPSA) is 0 Å². The van der Waals surface area contributed by atoms with Gasteiger partial charge in [0.2, 0.25) is 0 Å². The summed E-state index contributed by atoms with van der Waals surface area (Å²) in [6, 6.07) is 71.3. The summed E-state index contributed by atoms with van der Waals surface area (Å²) >= 11 is 0. The average Bonchev–Trinajstić information content (AvgIpc) is 3.57. The molecule has 1 aliphatic rings. The molecule has 0 heterocycles. The molecule has 10 aromatic carbocycles. The van der Waals surface area contributed by atoms with Crippen molar-refractivity contribution in [3.05, 3.63) is 205 Å². The Morgan fingerprint density at radius 2 is 0.667 bits per heavy atom. The molecule has 0 nitrogen and oxygen atoms in total. The summed E-state index contributed by atoms with van der Waals surface area (Å²) in [5.41, 5.74) is 15.3. The molecule has 0 unspecified atom stereocenters. The molecule has 0 N–H and O–H groups in total. The zero-order valence-corrected chi connectivity index (χ0v) is 29.6. The highest BCUT2D eigenvalue weighted by Gasteiger charge is 2.24. The Morgan fingerprint density at radius 3 is 1.31 bits per heavy atom. The van der Waals surface area contributed by atoms with Crippen LogP contribution in [0.1, 0.15) is 11.1 Å². The van der Waals surface area contributed by atoms with E-state index < -0.39 is 0 Å². The summed E-state index contributed by atoms with van der Waals surface area (Å²) < 4.78 is 0. The van der Waals surface area contributed by atoms with Crippen LogP contribution in [0.5, 0.6) is 0 Å². The molecule has 250 valence electrons. The first-order chi connectivity index (χ1) is 26.8. The Morgan fingerprint density at radius 1 is 0.241 bits per heavy atom. The largest absolute Gasteiger partial charge is 0.0616 e. The molecule has 1 aliphatic carbocycles. The monoisotopic (exact) mass is 682 g/mol. The molecular formula is C54H34. The normalized spacial score (nSPS) is 12.0. The number of rotatable bonds is 5. The maximum atomic E-state index is 2.36. The van der Waals surface area contributed by atoms with E-state index in [1.165, 1.54) is 110 Å². The minimum atomic E-state index is 1.18. The van der Waals surface area contributed by atoms with Gasteiger partial charge in [-0.15, -0.1) is 0 Å². The van der Waals surface area contributed by atoms with Gasteiger partial charge in [-0.1, -0.05) is 206 Å². The number of hydrogen-bond acceptors (Lipinski definition) is 0. The van der Waals surface area contributed by atoms with Gasteiger partial charge in [0.1, 0.15) is 0 Å². The van der Waals surface area contributed by atoms with E-state index in [0.717, 1.165) is 0 Å². The molecule has 0 atom stereocenters. The Bertz CT molecular complexity index is 3030. The van der Waals surface area contributed by atoms with Gasteiger partial charge in [-0.3, -0.25) is 0 Å². The van der Waals surface area contributed by atoms with E-state index in [4.69, 9.17) is 0 Å². The third-order valence-corrected chi connectivity index (χ3v) is 11.4. The van der Waals surface area contributed by atoms with Gasteiger partial charge in [0.15, 0.2) is 0 Å². The van der Waals surface area contributed by atoms with Crippen LogP contribution in [0.3, 0.4) is 0 Å². The van der Waals surface area contributed by atoms with Crippen molar-refractivity contribution in [3.63, 3.8) is 0 Å². The van der Waals surface area contributed by atoms with Crippen LogP contribution < -0.4 is 0 Å². The molecule has 0 aliphatic heterocycles. The predicted molar refractivity (Wildman–Crippen MR) is 233 cm³/mol. The molecule has 0 amide bonds. The van der Waals surface area contributed by atoms with Crippen LogP contribution in [0.4, 0.5) is 0 Å². The van der Waals surface area contributed by atoms with Crippen LogP contribution in [0.15, 0.2) is 194 Å². The lowest BCUT2D eigenvalue weighted by atomic mass is 9.84. The lowest BCUT2D eigenvalue weighted by Gasteiger charge is -2.19. The highest BCUT2D eigenvalue weighted by atomic mass is 14.3. The van der Waals surface area contributed by atoms with Crippen LogP contribution in [0.25, 0.3) is 111 Å². The van der Waals surface area contributed by atoms with Gasteiger partial charge >= 0.3 is 0 Å². The second kappa shape index (κ2) is 12.3. The molecule has 0 saturated carbocycles. The van der Waals surface area contributed by atoms with Gasteiger partial charge in [-0.25, -0.2) is 0 Å². The van der Waals surface area contributed by atoms with Crippen LogP contribution >= 0.6 is 0 Å². The van der Waals surface area contributed by atoms with Crippen molar-refractivity contribution >= 4 is 55.2 Å². The second-order valence-electron chi connectivity index (χ2n) is 14.4. The molecule has 0 aromatic heterocycles. The third-order valence-electron chi connectivity index (χ3n) is 11.4. The Kier molecular flexibility index (Phi) is 6.97. The minimum Gasteiger partial charge on any atom is -0.0616 e. The van der Waals surface area contributed by atoms with E-state index in [1.54, 1.807) is 0 Å². The van der Waals surface area contributed by atoms with Crippen LogP contribution in [0.2, 0.25) is 0 Å². The predicted octanol–water partition coefficient (Wildman–Crippen LogP) is 15.1. The second-order valence-corrected chi connectivity index (χ2v) is 14.4. The van der Waals surface area contributed by atoms with E-state index in [9.17, 15) is 0 Å². The van der Waals surface area contributed by atoms with E-state index >= 15 is 0 Å². The maximum absolute atomic E-state index is 2.36. The smallest absolute Gasteiger partial charge is 0.00201 e. The van der Waals surface area contributed by atoms with Gasteiger partial charge in [0.05, 0.1) is 0 Å². The average molecular weight is 683 g/mol. The molecule has 0 heteroatoms. The van der Waals surface area contributed by atoms with Crippen LogP contribution in [0, 0.1) is 0 Å². The Balaban J connectivity index is 0.979. The third kappa shape index (κ3) is 4.78. The summed E-state index contributed by atoms with van der Waals surface area (Å²) in [4.78, 5) is 0. The van der Waals surface area contributed by atoms with E-state index in [0.29, 0.717) is 0 Å². The fourth-order valence-corrected chi connectivity index (χ4v) is 8.96. The highest BCUT2D eigenvalue weighted by Crippen LogP contribution is 2.51. The quantitative estimate of drug-likeness (QED) is 0.125. The van der Waals surface area contributed by atoms with Crippen molar-refractivity contribution in [2.45, 2.75) is 0 Å². The van der Waals surface area contributed by atoms with Gasteiger partial charge in [0, 0.05) is 0 Å². The van der Waals surface area contributed by atoms with Gasteiger partial charge in [-0.2, -0.15) is 0 Å². The highest BCUT2D eigenvalue weighted by molar-refractivity contribution is 6.26. The summed E-state index contributed by atoms with van der Waals surface area (Å²) in [7, 11) is 0. The van der Waals surface area contributed by atoms with Crippen LogP contribution in [-0.2, 0) is 0 Å². The first-order valence-corrected chi connectivity index (χ1v) is 18.8. The summed E-state index contributed by atoms with van der Waals surface area (Å²) in [6.45, 7) is 0. The zero-order chi connectivity index (χ0) is 35.6. The fraction of sp³-hybridized carbons (Fsp3) is 0. The van der Waals surface area contributed by atoms with Crippen molar-refractivity contribution in [3.8, 4) is 55.6 Å². The number of hydrogen-bond donors (Lipinski definition) is 0. The summed E-state index contributed by atoms with van der Waals surface area (Å²) in [5.74, 6) is 0. The van der Waals surface area contributed by atoms with Crippen molar-refractivity contribution in [1.29, 1.82) is 0 Å². The SMILES string of the molecule is C(=C\c1ccc(-c2c3ccccc3c(-c3ccc4c5c(cccc35)-c3ccccc3-4)c3ccccc23)cc1)/c1ccc(-c2cccc3ccccc23)cc1. The zero-order valence-electron chi connectivity index (χ0n) is 29.6. The number of fused-ring (bicyclic) bond motifs is 6. The molecule has 0 bridgehead atoms. The van der Waals surface area contributed by atoms with E-state index in [-0.39, 0.29) is 0 Å². The van der Waals surface area contributed by atoms with Gasteiger partial charge < -0.3 is 0 Å². The van der Waals surface area contributed by atoms with Crippen molar-refractivity contribution in [2.24, 2.45) is 0 Å². The minimum absolute atomic E-state index is 1.18. The number of benzene rings is 10. The van der Waals surface area contributed by atoms with Crippen LogP contribution in [-0.4, -0.2) is 0 Å². The molecule has 0 saturated heterocycles. The molecule has 0 spiro atoms. The van der Waals surface area contributed by atoms with E-state index in [1.807, 2.05) is 0 Å². The maximum Gasteiger partial charge on any atom is -0.00201 e. The lowest BCUT2D eigenvalue weighted by molar-refractivity contribution is 1.62. The van der Waals surface area contributed by atoms with Crippen molar-refractivity contribution in [2.75, 3.05) is 0 Å².